The number of esters is 3. The predicted octanol–water partition coefficient (Wildman–Crippen LogP) is 5.03. The zero-order valence-electron chi connectivity index (χ0n) is 23.4. The van der Waals surface area contributed by atoms with Crippen molar-refractivity contribution in [2.75, 3.05) is 21.3 Å². The van der Waals surface area contributed by atoms with E-state index in [1.54, 1.807) is 71.9 Å². The molecule has 0 N–H and O–H groups in total. The molecule has 0 saturated carbocycles. The second kappa shape index (κ2) is 10.7. The van der Waals surface area contributed by atoms with Crippen LogP contribution in [0, 0.1) is 10.8 Å². The molecule has 0 radical (unpaired) electrons. The lowest BCUT2D eigenvalue weighted by atomic mass is 9.92. The van der Waals surface area contributed by atoms with Crippen LogP contribution >= 0.6 is 0 Å². The van der Waals surface area contributed by atoms with Gasteiger partial charge in [0.1, 0.15) is 11.5 Å². The molecular weight excluding hydrogens is 492 g/mol. The predicted molar refractivity (Wildman–Crippen MR) is 139 cm³/mol. The fourth-order valence-corrected chi connectivity index (χ4v) is 3.81. The highest BCUT2D eigenvalue weighted by atomic mass is 16.7. The Morgan fingerprint density at radius 3 is 2.05 bits per heavy atom. The van der Waals surface area contributed by atoms with Crippen LogP contribution in [0.4, 0.5) is 0 Å². The van der Waals surface area contributed by atoms with Gasteiger partial charge in [0.05, 0.1) is 29.6 Å². The van der Waals surface area contributed by atoms with Crippen molar-refractivity contribution in [3.05, 3.63) is 47.7 Å². The minimum Gasteiger partial charge on any atom is -0.463 e. The Hall–Kier alpha value is -3.43. The molecule has 0 spiro atoms. The van der Waals surface area contributed by atoms with Crippen LogP contribution in [0.15, 0.2) is 42.2 Å². The van der Waals surface area contributed by atoms with Crippen LogP contribution in [-0.4, -0.2) is 45.3 Å². The maximum absolute atomic E-state index is 13.1. The van der Waals surface area contributed by atoms with Crippen LogP contribution in [-0.2, 0) is 39.1 Å². The molecule has 2 aromatic carbocycles. The third-order valence-electron chi connectivity index (χ3n) is 6.11. The van der Waals surface area contributed by atoms with Gasteiger partial charge in [-0.05, 0) is 65.8 Å². The summed E-state index contributed by atoms with van der Waals surface area (Å²) in [4.78, 5) is 38.2. The maximum Gasteiger partial charge on any atom is 0.373 e. The van der Waals surface area contributed by atoms with Crippen molar-refractivity contribution in [1.82, 2.24) is 0 Å². The Balaban J connectivity index is 2.28. The molecule has 1 aliphatic heterocycles. The first kappa shape index (κ1) is 29.1. The average Bonchev–Trinajstić information content (AvgIpc) is 2.86. The molecule has 9 heteroatoms. The van der Waals surface area contributed by atoms with Gasteiger partial charge >= 0.3 is 17.9 Å². The van der Waals surface area contributed by atoms with Gasteiger partial charge in [-0.15, -0.1) is 0 Å². The van der Waals surface area contributed by atoms with Crippen LogP contribution in [0.2, 0.25) is 0 Å². The van der Waals surface area contributed by atoms with Gasteiger partial charge in [-0.3, -0.25) is 9.59 Å². The van der Waals surface area contributed by atoms with E-state index >= 15 is 0 Å². The topological polar surface area (TPSA) is 107 Å². The van der Waals surface area contributed by atoms with Crippen molar-refractivity contribution in [3.8, 4) is 11.5 Å². The lowest BCUT2D eigenvalue weighted by Crippen LogP contribution is -2.41. The van der Waals surface area contributed by atoms with Crippen molar-refractivity contribution in [3.63, 3.8) is 0 Å². The molecule has 0 aromatic heterocycles. The first-order chi connectivity index (χ1) is 17.7. The second-order valence-electron chi connectivity index (χ2n) is 11.1. The van der Waals surface area contributed by atoms with Gasteiger partial charge in [-0.25, -0.2) is 4.79 Å². The van der Waals surface area contributed by atoms with Crippen molar-refractivity contribution < 1.29 is 42.8 Å². The standard InChI is InChI=1S/C29H36O9/c1-27(2,3)25(31)36-21-12-10-11-19-18(21)13-14-20(23(19)37-26(32)28(4,5)6)29(35-9)16-17(33-7)15-22(38-29)24(30)34-8/h10-15,17H,16H2,1-9H3/t17-,29+/m1/s1. The third-order valence-corrected chi connectivity index (χ3v) is 6.11. The Labute approximate surface area is 223 Å². The summed E-state index contributed by atoms with van der Waals surface area (Å²) in [6.07, 6.45) is 1.08. The summed E-state index contributed by atoms with van der Waals surface area (Å²) in [6.45, 7) is 10.5. The number of hydrogen-bond acceptors (Lipinski definition) is 9. The van der Waals surface area contributed by atoms with Crippen molar-refractivity contribution >= 4 is 28.7 Å². The lowest BCUT2D eigenvalue weighted by molar-refractivity contribution is -0.236. The largest absolute Gasteiger partial charge is 0.463 e. The van der Waals surface area contributed by atoms with Gasteiger partial charge in [0.25, 0.3) is 0 Å². The molecule has 1 aliphatic rings. The molecule has 0 bridgehead atoms. The second-order valence-corrected chi connectivity index (χ2v) is 11.1. The van der Waals surface area contributed by atoms with E-state index < -0.39 is 40.6 Å². The number of hydrogen-bond donors (Lipinski definition) is 0. The number of carbonyl (C=O) groups excluding carboxylic acids is 3. The van der Waals surface area contributed by atoms with Gasteiger partial charge in [-0.2, -0.15) is 0 Å². The summed E-state index contributed by atoms with van der Waals surface area (Å²) < 4.78 is 34.1. The normalized spacial score (nSPS) is 19.8. The van der Waals surface area contributed by atoms with Gasteiger partial charge in [0, 0.05) is 31.4 Å². The van der Waals surface area contributed by atoms with Crippen LogP contribution in [0.25, 0.3) is 10.8 Å². The molecule has 38 heavy (non-hydrogen) atoms. The summed E-state index contributed by atoms with van der Waals surface area (Å²) in [5.41, 5.74) is -1.22. The number of ether oxygens (including phenoxy) is 6. The highest BCUT2D eigenvalue weighted by Gasteiger charge is 2.46. The Morgan fingerprint density at radius 1 is 0.868 bits per heavy atom. The van der Waals surface area contributed by atoms with Crippen molar-refractivity contribution in [1.29, 1.82) is 0 Å². The Kier molecular flexibility index (Phi) is 8.24. The summed E-state index contributed by atoms with van der Waals surface area (Å²) in [6, 6.07) is 8.51. The molecular formula is C29H36O9. The summed E-state index contributed by atoms with van der Waals surface area (Å²) >= 11 is 0. The Morgan fingerprint density at radius 2 is 1.50 bits per heavy atom. The van der Waals surface area contributed by atoms with E-state index in [1.807, 2.05) is 0 Å². The number of benzene rings is 2. The smallest absolute Gasteiger partial charge is 0.373 e. The summed E-state index contributed by atoms with van der Waals surface area (Å²) in [5.74, 6) is -2.84. The average molecular weight is 529 g/mol. The molecule has 9 nitrogen and oxygen atoms in total. The van der Waals surface area contributed by atoms with Crippen LogP contribution in [0.5, 0.6) is 11.5 Å². The molecule has 2 aromatic rings. The molecule has 0 amide bonds. The molecule has 206 valence electrons. The van der Waals surface area contributed by atoms with Crippen LogP contribution < -0.4 is 9.47 Å². The molecule has 3 rings (SSSR count). The van der Waals surface area contributed by atoms with E-state index in [1.165, 1.54) is 27.4 Å². The zero-order valence-corrected chi connectivity index (χ0v) is 23.4. The van der Waals surface area contributed by atoms with E-state index in [9.17, 15) is 14.4 Å². The third kappa shape index (κ3) is 5.84. The van der Waals surface area contributed by atoms with Crippen LogP contribution in [0.1, 0.15) is 53.5 Å². The molecule has 0 unspecified atom stereocenters. The quantitative estimate of drug-likeness (QED) is 0.377. The lowest BCUT2D eigenvalue weighted by Gasteiger charge is -2.39. The number of fused-ring (bicyclic) bond motifs is 1. The van der Waals surface area contributed by atoms with E-state index in [-0.39, 0.29) is 17.9 Å². The molecule has 1 heterocycles. The minimum absolute atomic E-state index is 0.103. The van der Waals surface area contributed by atoms with Crippen molar-refractivity contribution in [2.24, 2.45) is 10.8 Å². The highest BCUT2D eigenvalue weighted by Crippen LogP contribution is 2.47. The van der Waals surface area contributed by atoms with E-state index in [4.69, 9.17) is 28.4 Å². The van der Waals surface area contributed by atoms with E-state index in [0.29, 0.717) is 22.1 Å². The first-order valence-corrected chi connectivity index (χ1v) is 12.2. The van der Waals surface area contributed by atoms with Gasteiger partial charge in [0.2, 0.25) is 11.5 Å². The maximum atomic E-state index is 13.1. The Bertz CT molecular complexity index is 1260. The van der Waals surface area contributed by atoms with E-state index in [0.717, 1.165) is 0 Å². The molecule has 0 saturated heterocycles. The monoisotopic (exact) mass is 528 g/mol. The van der Waals surface area contributed by atoms with Gasteiger partial charge < -0.3 is 28.4 Å². The fourth-order valence-electron chi connectivity index (χ4n) is 3.81. The van der Waals surface area contributed by atoms with Gasteiger partial charge in [0.15, 0.2) is 0 Å². The van der Waals surface area contributed by atoms with Crippen molar-refractivity contribution in [2.45, 2.75) is 59.9 Å². The van der Waals surface area contributed by atoms with Gasteiger partial charge in [-0.1, -0.05) is 12.1 Å². The summed E-state index contributed by atoms with van der Waals surface area (Å²) in [5, 5.41) is 1.03. The van der Waals surface area contributed by atoms with Crippen LogP contribution in [0.3, 0.4) is 0 Å². The molecule has 0 fully saturated rings. The summed E-state index contributed by atoms with van der Waals surface area (Å²) in [7, 11) is 4.16. The number of rotatable bonds is 6. The highest BCUT2D eigenvalue weighted by molar-refractivity contribution is 5.97. The fraction of sp³-hybridized carbons (Fsp3) is 0.483. The molecule has 0 aliphatic carbocycles. The number of carbonyl (C=O) groups is 3. The molecule has 2 atom stereocenters. The minimum atomic E-state index is -1.57. The zero-order chi connectivity index (χ0) is 28.5. The first-order valence-electron chi connectivity index (χ1n) is 12.2. The number of methoxy groups -OCH3 is 3. The van der Waals surface area contributed by atoms with E-state index in [2.05, 4.69) is 0 Å². The SMILES string of the molecule is COC(=O)C1=C[C@@H](OC)C[C@@](OC)(c2ccc3c(OC(=O)C(C)(C)C)cccc3c2OC(=O)C(C)(C)C)O1.